The lowest BCUT2D eigenvalue weighted by molar-refractivity contribution is 0.664. The van der Waals surface area contributed by atoms with E-state index in [9.17, 15) is 0 Å². The molecule has 3 nitrogen and oxygen atoms in total. The highest BCUT2D eigenvalue weighted by molar-refractivity contribution is 5.45. The molecule has 0 aliphatic heterocycles. The number of aromatic nitrogens is 1. The summed E-state index contributed by atoms with van der Waals surface area (Å²) >= 11 is 0. The quantitative estimate of drug-likeness (QED) is 0.786. The molecule has 0 fully saturated rings. The highest BCUT2D eigenvalue weighted by atomic mass is 15.1. The van der Waals surface area contributed by atoms with Crippen LogP contribution in [0.15, 0.2) is 18.3 Å². The normalized spacial score (nSPS) is 12.6. The summed E-state index contributed by atoms with van der Waals surface area (Å²) in [6.45, 7) is 2.03. The summed E-state index contributed by atoms with van der Waals surface area (Å²) in [4.78, 5) is 6.38. The van der Waals surface area contributed by atoms with Crippen molar-refractivity contribution >= 4 is 5.82 Å². The molecule has 0 saturated heterocycles. The number of pyridine rings is 1. The summed E-state index contributed by atoms with van der Waals surface area (Å²) in [5.41, 5.74) is 7.01. The smallest absolute Gasteiger partial charge is 0.131 e. The van der Waals surface area contributed by atoms with E-state index in [1.54, 1.807) is 0 Å². The van der Waals surface area contributed by atoms with Gasteiger partial charge in [0.1, 0.15) is 5.82 Å². The van der Waals surface area contributed by atoms with Gasteiger partial charge >= 0.3 is 0 Å². The van der Waals surface area contributed by atoms with Crippen LogP contribution < -0.4 is 10.6 Å². The van der Waals surface area contributed by atoms with Crippen molar-refractivity contribution in [2.75, 3.05) is 19.0 Å². The maximum Gasteiger partial charge on any atom is 0.131 e. The van der Waals surface area contributed by atoms with Gasteiger partial charge in [-0.25, -0.2) is 4.98 Å². The maximum atomic E-state index is 5.73. The number of nitrogens with zero attached hydrogens (tertiary/aromatic N) is 2. The monoisotopic (exact) mass is 193 g/mol. The third kappa shape index (κ3) is 3.00. The molecule has 1 heterocycles. The van der Waals surface area contributed by atoms with Crippen LogP contribution in [0.1, 0.15) is 18.9 Å². The van der Waals surface area contributed by atoms with Crippen molar-refractivity contribution in [2.24, 2.45) is 5.73 Å². The molecule has 1 aromatic heterocycles. The van der Waals surface area contributed by atoms with E-state index in [1.165, 1.54) is 5.56 Å². The zero-order valence-electron chi connectivity index (χ0n) is 9.20. The Morgan fingerprint density at radius 2 is 2.21 bits per heavy atom. The second-order valence-corrected chi connectivity index (χ2v) is 3.90. The average Bonchev–Trinajstić information content (AvgIpc) is 2.15. The maximum absolute atomic E-state index is 5.73. The minimum atomic E-state index is 0.255. The number of nitrogens with two attached hydrogens (primary N) is 1. The molecular weight excluding hydrogens is 174 g/mol. The van der Waals surface area contributed by atoms with Gasteiger partial charge in [0, 0.05) is 26.3 Å². The van der Waals surface area contributed by atoms with Crippen molar-refractivity contribution in [1.82, 2.24) is 4.98 Å². The fourth-order valence-electron chi connectivity index (χ4n) is 1.41. The van der Waals surface area contributed by atoms with Gasteiger partial charge in [-0.1, -0.05) is 6.07 Å². The topological polar surface area (TPSA) is 42.1 Å². The van der Waals surface area contributed by atoms with Crippen molar-refractivity contribution in [3.05, 3.63) is 23.9 Å². The molecule has 78 valence electrons. The molecule has 14 heavy (non-hydrogen) atoms. The predicted molar refractivity (Wildman–Crippen MR) is 60.5 cm³/mol. The van der Waals surface area contributed by atoms with Crippen LogP contribution >= 0.6 is 0 Å². The minimum absolute atomic E-state index is 0.255. The van der Waals surface area contributed by atoms with Gasteiger partial charge < -0.3 is 10.6 Å². The first-order chi connectivity index (χ1) is 6.61. The molecule has 0 unspecified atom stereocenters. The van der Waals surface area contributed by atoms with E-state index in [1.807, 2.05) is 38.2 Å². The van der Waals surface area contributed by atoms with Crippen molar-refractivity contribution < 1.29 is 0 Å². The lowest BCUT2D eigenvalue weighted by Crippen LogP contribution is -2.17. The Hall–Kier alpha value is -1.09. The second kappa shape index (κ2) is 4.96. The molecule has 0 aliphatic carbocycles. The van der Waals surface area contributed by atoms with E-state index < -0.39 is 0 Å². The van der Waals surface area contributed by atoms with Gasteiger partial charge in [0.05, 0.1) is 0 Å². The fraction of sp³-hybridized carbons (Fsp3) is 0.545. The lowest BCUT2D eigenvalue weighted by atomic mass is 10.1. The molecule has 0 aromatic carbocycles. The molecule has 1 rings (SSSR count). The molecule has 1 aromatic rings. The van der Waals surface area contributed by atoms with E-state index in [4.69, 9.17) is 5.73 Å². The Kier molecular flexibility index (Phi) is 3.89. The summed E-state index contributed by atoms with van der Waals surface area (Å²) in [5, 5.41) is 0. The summed E-state index contributed by atoms with van der Waals surface area (Å²) in [6.07, 6.45) is 3.83. The molecule has 0 spiro atoms. The van der Waals surface area contributed by atoms with E-state index >= 15 is 0 Å². The van der Waals surface area contributed by atoms with Crippen LogP contribution in [0.5, 0.6) is 0 Å². The van der Waals surface area contributed by atoms with Gasteiger partial charge in [-0.3, -0.25) is 0 Å². The number of hydrogen-bond acceptors (Lipinski definition) is 3. The third-order valence-electron chi connectivity index (χ3n) is 2.16. The van der Waals surface area contributed by atoms with Crippen LogP contribution in [0.4, 0.5) is 5.82 Å². The largest absolute Gasteiger partial charge is 0.363 e. The lowest BCUT2D eigenvalue weighted by Gasteiger charge is -2.16. The molecule has 3 heteroatoms. The first-order valence-corrected chi connectivity index (χ1v) is 4.98. The number of anilines is 1. The van der Waals surface area contributed by atoms with Crippen molar-refractivity contribution in [3.8, 4) is 0 Å². The first kappa shape index (κ1) is 11.0. The van der Waals surface area contributed by atoms with Gasteiger partial charge in [-0.2, -0.15) is 0 Å². The van der Waals surface area contributed by atoms with E-state index in [0.717, 1.165) is 18.7 Å². The summed E-state index contributed by atoms with van der Waals surface area (Å²) < 4.78 is 0. The molecule has 0 amide bonds. The number of aryl methyl sites for hydroxylation is 1. The minimum Gasteiger partial charge on any atom is -0.363 e. The molecule has 1 atom stereocenters. The number of rotatable bonds is 4. The van der Waals surface area contributed by atoms with E-state index in [2.05, 4.69) is 11.1 Å². The molecule has 2 N–H and O–H groups in total. The van der Waals surface area contributed by atoms with Gasteiger partial charge in [-0.05, 0) is 31.4 Å². The van der Waals surface area contributed by atoms with Crippen LogP contribution in [0.25, 0.3) is 0 Å². The Labute approximate surface area is 85.9 Å². The van der Waals surface area contributed by atoms with Crippen LogP contribution in [0, 0.1) is 0 Å². The highest BCUT2D eigenvalue weighted by Crippen LogP contribution is 2.16. The number of hydrogen-bond donors (Lipinski definition) is 1. The van der Waals surface area contributed by atoms with Crippen LogP contribution in [0.2, 0.25) is 0 Å². The molecule has 0 bridgehead atoms. The molecule has 0 aliphatic rings. The molecule has 0 saturated carbocycles. The fourth-order valence-corrected chi connectivity index (χ4v) is 1.41. The van der Waals surface area contributed by atoms with E-state index in [-0.39, 0.29) is 6.04 Å². The summed E-state index contributed by atoms with van der Waals surface area (Å²) in [5.74, 6) is 1.05. The first-order valence-electron chi connectivity index (χ1n) is 4.98. The highest BCUT2D eigenvalue weighted by Gasteiger charge is 2.05. The average molecular weight is 193 g/mol. The van der Waals surface area contributed by atoms with Crippen LogP contribution in [-0.4, -0.2) is 25.1 Å². The Balaban J connectivity index is 2.74. The van der Waals surface area contributed by atoms with Crippen molar-refractivity contribution in [3.63, 3.8) is 0 Å². The van der Waals surface area contributed by atoms with Gasteiger partial charge in [0.15, 0.2) is 0 Å². The van der Waals surface area contributed by atoms with Crippen molar-refractivity contribution in [1.29, 1.82) is 0 Å². The van der Waals surface area contributed by atoms with Gasteiger partial charge in [0.2, 0.25) is 0 Å². The van der Waals surface area contributed by atoms with Crippen LogP contribution in [-0.2, 0) is 6.42 Å². The van der Waals surface area contributed by atoms with Gasteiger partial charge in [-0.15, -0.1) is 0 Å². The zero-order valence-corrected chi connectivity index (χ0v) is 9.20. The van der Waals surface area contributed by atoms with Crippen molar-refractivity contribution in [2.45, 2.75) is 25.8 Å². The zero-order chi connectivity index (χ0) is 10.6. The van der Waals surface area contributed by atoms with Crippen LogP contribution in [0.3, 0.4) is 0 Å². The third-order valence-corrected chi connectivity index (χ3v) is 2.16. The Morgan fingerprint density at radius 3 is 2.79 bits per heavy atom. The SMILES string of the molecule is C[C@@H](N)CCc1cccnc1N(C)C. The summed E-state index contributed by atoms with van der Waals surface area (Å²) in [7, 11) is 4.02. The Bertz CT molecular complexity index is 282. The summed E-state index contributed by atoms with van der Waals surface area (Å²) in [6, 6.07) is 4.35. The standard InChI is InChI=1S/C11H19N3/c1-9(12)6-7-10-5-4-8-13-11(10)14(2)3/h4-5,8-9H,6-7,12H2,1-3H3/t9-/m1/s1. The second-order valence-electron chi connectivity index (χ2n) is 3.90. The van der Waals surface area contributed by atoms with Gasteiger partial charge in [0.25, 0.3) is 0 Å². The molecule has 0 radical (unpaired) electrons. The predicted octanol–water partition coefficient (Wildman–Crippen LogP) is 1.43. The Morgan fingerprint density at radius 1 is 1.50 bits per heavy atom. The molecular formula is C11H19N3. The van der Waals surface area contributed by atoms with E-state index in [0.29, 0.717) is 0 Å².